The SMILES string of the molecule is Cn1cnc(C(=O)N2CC[C@@H]3OCCC[C@@]3(COCc3ccncc3)C2)n1. The Morgan fingerprint density at radius 3 is 3.04 bits per heavy atom. The number of carbonyl (C=O) groups is 1. The average Bonchev–Trinajstić information content (AvgIpc) is 3.14. The Balaban J connectivity index is 1.45. The minimum Gasteiger partial charge on any atom is -0.377 e. The van der Waals surface area contributed by atoms with Crippen molar-refractivity contribution < 1.29 is 14.3 Å². The van der Waals surface area contributed by atoms with Gasteiger partial charge in [-0.1, -0.05) is 0 Å². The number of ether oxygens (including phenoxy) is 2. The van der Waals surface area contributed by atoms with E-state index in [1.54, 1.807) is 30.5 Å². The predicted molar refractivity (Wildman–Crippen MR) is 96.8 cm³/mol. The predicted octanol–water partition coefficient (Wildman–Crippen LogP) is 1.44. The summed E-state index contributed by atoms with van der Waals surface area (Å²) >= 11 is 0. The lowest BCUT2D eigenvalue weighted by molar-refractivity contribution is -0.149. The molecule has 8 nitrogen and oxygen atoms in total. The Morgan fingerprint density at radius 1 is 1.41 bits per heavy atom. The second kappa shape index (κ2) is 7.74. The molecule has 4 rings (SSSR count). The van der Waals surface area contributed by atoms with E-state index in [-0.39, 0.29) is 23.3 Å². The molecule has 144 valence electrons. The zero-order valence-corrected chi connectivity index (χ0v) is 15.6. The quantitative estimate of drug-likeness (QED) is 0.791. The van der Waals surface area contributed by atoms with Crippen LogP contribution < -0.4 is 0 Å². The number of rotatable bonds is 5. The van der Waals surface area contributed by atoms with Gasteiger partial charge in [0.05, 0.1) is 19.3 Å². The molecule has 4 heterocycles. The van der Waals surface area contributed by atoms with Crippen molar-refractivity contribution in [2.75, 3.05) is 26.3 Å². The first-order valence-electron chi connectivity index (χ1n) is 9.39. The largest absolute Gasteiger partial charge is 0.377 e. The van der Waals surface area contributed by atoms with Gasteiger partial charge < -0.3 is 14.4 Å². The summed E-state index contributed by atoms with van der Waals surface area (Å²) in [5.41, 5.74) is 0.921. The first kappa shape index (κ1) is 18.1. The van der Waals surface area contributed by atoms with Crippen LogP contribution in [0.15, 0.2) is 30.9 Å². The third-order valence-corrected chi connectivity index (χ3v) is 5.47. The van der Waals surface area contributed by atoms with Gasteiger partial charge in [-0.25, -0.2) is 4.98 Å². The van der Waals surface area contributed by atoms with Crippen LogP contribution in [0.1, 0.15) is 35.4 Å². The smallest absolute Gasteiger partial charge is 0.293 e. The highest BCUT2D eigenvalue weighted by atomic mass is 16.5. The average molecular weight is 371 g/mol. The third-order valence-electron chi connectivity index (χ3n) is 5.47. The Hall–Kier alpha value is -2.32. The summed E-state index contributed by atoms with van der Waals surface area (Å²) in [5, 5.41) is 4.16. The molecule has 0 spiro atoms. The van der Waals surface area contributed by atoms with Gasteiger partial charge in [0, 0.05) is 44.6 Å². The number of likely N-dealkylation sites (tertiary alicyclic amines) is 1. The molecule has 2 saturated heterocycles. The summed E-state index contributed by atoms with van der Waals surface area (Å²) in [6.45, 7) is 3.16. The van der Waals surface area contributed by atoms with Crippen molar-refractivity contribution in [3.05, 3.63) is 42.2 Å². The number of hydrogen-bond donors (Lipinski definition) is 0. The van der Waals surface area contributed by atoms with Gasteiger partial charge in [-0.15, -0.1) is 5.10 Å². The van der Waals surface area contributed by atoms with Crippen LogP contribution in [0.4, 0.5) is 0 Å². The zero-order chi connectivity index (χ0) is 18.7. The molecule has 2 atom stereocenters. The van der Waals surface area contributed by atoms with Crippen molar-refractivity contribution in [3.8, 4) is 0 Å². The van der Waals surface area contributed by atoms with Gasteiger partial charge in [0.25, 0.3) is 5.91 Å². The van der Waals surface area contributed by atoms with Crippen molar-refractivity contribution in [2.24, 2.45) is 12.5 Å². The van der Waals surface area contributed by atoms with E-state index in [2.05, 4.69) is 15.1 Å². The van der Waals surface area contributed by atoms with E-state index < -0.39 is 0 Å². The van der Waals surface area contributed by atoms with Crippen molar-refractivity contribution in [1.29, 1.82) is 0 Å². The summed E-state index contributed by atoms with van der Waals surface area (Å²) in [7, 11) is 1.76. The van der Waals surface area contributed by atoms with Crippen LogP contribution in [0.5, 0.6) is 0 Å². The summed E-state index contributed by atoms with van der Waals surface area (Å²) in [6, 6.07) is 3.91. The van der Waals surface area contributed by atoms with Gasteiger partial charge in [-0.3, -0.25) is 14.5 Å². The van der Waals surface area contributed by atoms with Crippen LogP contribution in [-0.4, -0.2) is 63.0 Å². The van der Waals surface area contributed by atoms with Crippen LogP contribution in [-0.2, 0) is 23.1 Å². The maximum absolute atomic E-state index is 12.8. The number of amides is 1. The van der Waals surface area contributed by atoms with Crippen LogP contribution in [0, 0.1) is 5.41 Å². The standard InChI is InChI=1S/C19H25N5O3/c1-23-14-21-17(22-23)18(25)24-9-5-16-19(12-24,6-2-10-27-16)13-26-11-15-3-7-20-8-4-15/h3-4,7-8,14,16H,2,5-6,9-13H2,1H3/t16-,19-/m0/s1. The molecule has 0 aromatic carbocycles. The number of aryl methyl sites for hydroxylation is 1. The maximum atomic E-state index is 12.8. The molecule has 2 aliphatic heterocycles. The van der Waals surface area contributed by atoms with E-state index in [0.29, 0.717) is 26.3 Å². The summed E-state index contributed by atoms with van der Waals surface area (Å²) in [4.78, 5) is 22.8. The molecule has 0 N–H and O–H groups in total. The minimum atomic E-state index is -0.173. The monoisotopic (exact) mass is 371 g/mol. The van der Waals surface area contributed by atoms with Gasteiger partial charge in [0.15, 0.2) is 0 Å². The highest BCUT2D eigenvalue weighted by molar-refractivity contribution is 5.90. The fourth-order valence-corrected chi connectivity index (χ4v) is 4.10. The van der Waals surface area contributed by atoms with E-state index in [1.807, 2.05) is 17.0 Å². The van der Waals surface area contributed by atoms with Crippen LogP contribution in [0.3, 0.4) is 0 Å². The number of piperidine rings is 1. The fourth-order valence-electron chi connectivity index (χ4n) is 4.10. The molecule has 8 heteroatoms. The Kier molecular flexibility index (Phi) is 5.18. The Morgan fingerprint density at radius 2 is 2.26 bits per heavy atom. The Labute approximate surface area is 158 Å². The normalized spacial score (nSPS) is 25.2. The third kappa shape index (κ3) is 3.86. The second-order valence-corrected chi connectivity index (χ2v) is 7.43. The number of hydrogen-bond acceptors (Lipinski definition) is 6. The van der Waals surface area contributed by atoms with E-state index in [0.717, 1.165) is 31.4 Å². The van der Waals surface area contributed by atoms with Crippen LogP contribution in [0.25, 0.3) is 0 Å². The highest BCUT2D eigenvalue weighted by Crippen LogP contribution is 2.40. The molecule has 0 unspecified atom stereocenters. The van der Waals surface area contributed by atoms with Gasteiger partial charge in [0.2, 0.25) is 5.82 Å². The Bertz CT molecular complexity index is 781. The van der Waals surface area contributed by atoms with Crippen molar-refractivity contribution in [3.63, 3.8) is 0 Å². The van der Waals surface area contributed by atoms with Gasteiger partial charge in [-0.05, 0) is 37.0 Å². The van der Waals surface area contributed by atoms with Gasteiger partial charge in [-0.2, -0.15) is 0 Å². The molecular formula is C19H25N5O3. The summed E-state index contributed by atoms with van der Waals surface area (Å²) in [5.74, 6) is 0.133. The van der Waals surface area contributed by atoms with Crippen LogP contribution in [0.2, 0.25) is 0 Å². The fraction of sp³-hybridized carbons (Fsp3) is 0.579. The number of aromatic nitrogens is 4. The van der Waals surface area contributed by atoms with Crippen molar-refractivity contribution in [1.82, 2.24) is 24.6 Å². The molecule has 27 heavy (non-hydrogen) atoms. The number of nitrogens with zero attached hydrogens (tertiary/aromatic N) is 5. The van der Waals surface area contributed by atoms with Crippen molar-refractivity contribution in [2.45, 2.75) is 32.0 Å². The van der Waals surface area contributed by atoms with Gasteiger partial charge in [0.1, 0.15) is 6.33 Å². The molecule has 0 aliphatic carbocycles. The maximum Gasteiger partial charge on any atom is 0.293 e. The molecule has 2 aromatic rings. The molecule has 0 bridgehead atoms. The topological polar surface area (TPSA) is 82.4 Å². The molecular weight excluding hydrogens is 346 g/mol. The molecule has 1 amide bonds. The second-order valence-electron chi connectivity index (χ2n) is 7.43. The lowest BCUT2D eigenvalue weighted by Gasteiger charge is -2.50. The minimum absolute atomic E-state index is 0.117. The zero-order valence-electron chi connectivity index (χ0n) is 15.6. The first-order valence-corrected chi connectivity index (χ1v) is 9.39. The van der Waals surface area contributed by atoms with E-state index in [4.69, 9.17) is 9.47 Å². The molecule has 2 fully saturated rings. The van der Waals surface area contributed by atoms with E-state index in [9.17, 15) is 4.79 Å². The number of fused-ring (bicyclic) bond motifs is 1. The van der Waals surface area contributed by atoms with Crippen LogP contribution >= 0.6 is 0 Å². The molecule has 2 aromatic heterocycles. The molecule has 2 aliphatic rings. The summed E-state index contributed by atoms with van der Waals surface area (Å²) in [6.07, 6.45) is 8.01. The van der Waals surface area contributed by atoms with E-state index >= 15 is 0 Å². The number of pyridine rings is 1. The lowest BCUT2D eigenvalue weighted by atomic mass is 9.73. The lowest BCUT2D eigenvalue weighted by Crippen LogP contribution is -2.58. The van der Waals surface area contributed by atoms with E-state index in [1.165, 1.54) is 0 Å². The highest BCUT2D eigenvalue weighted by Gasteiger charge is 2.47. The first-order chi connectivity index (χ1) is 13.2. The molecule has 0 radical (unpaired) electrons. The van der Waals surface area contributed by atoms with Gasteiger partial charge >= 0.3 is 0 Å². The summed E-state index contributed by atoms with van der Waals surface area (Å²) < 4.78 is 13.7. The molecule has 0 saturated carbocycles. The van der Waals surface area contributed by atoms with Crippen molar-refractivity contribution >= 4 is 5.91 Å². The number of carbonyl (C=O) groups excluding carboxylic acids is 1.